The molecule has 1 N–H and O–H groups in total. The zero-order valence-corrected chi connectivity index (χ0v) is 16.1. The van der Waals surface area contributed by atoms with E-state index in [2.05, 4.69) is 21.8 Å². The summed E-state index contributed by atoms with van der Waals surface area (Å²) in [5.41, 5.74) is 2.21. The summed E-state index contributed by atoms with van der Waals surface area (Å²) in [5.74, 6) is -0.849. The summed E-state index contributed by atoms with van der Waals surface area (Å²) < 4.78 is 45.0. The van der Waals surface area contributed by atoms with E-state index < -0.39 is 12.1 Å². The Hall–Kier alpha value is -2.66. The molecule has 0 aliphatic carbocycles. The smallest absolute Gasteiger partial charge is 0.475 e. The number of alkyl halides is 3. The predicted octanol–water partition coefficient (Wildman–Crippen LogP) is 2.65. The third-order valence-corrected chi connectivity index (χ3v) is 4.27. The number of halogens is 3. The van der Waals surface area contributed by atoms with Crippen molar-refractivity contribution in [2.45, 2.75) is 32.1 Å². The van der Waals surface area contributed by atoms with Gasteiger partial charge in [0.15, 0.2) is 0 Å². The largest absolute Gasteiger partial charge is 0.490 e. The number of aliphatic carboxylic acids is 1. The maximum absolute atomic E-state index is 10.6. The van der Waals surface area contributed by atoms with Gasteiger partial charge in [0.25, 0.3) is 0 Å². The zero-order chi connectivity index (χ0) is 21.6. The van der Waals surface area contributed by atoms with Crippen LogP contribution in [-0.2, 0) is 29.5 Å². The number of aromatic nitrogens is 3. The maximum atomic E-state index is 10.6. The van der Waals surface area contributed by atoms with E-state index in [1.165, 1.54) is 5.69 Å². The minimum Gasteiger partial charge on any atom is -0.475 e. The molecule has 3 rings (SSSR count). The molecule has 0 fully saturated rings. The van der Waals surface area contributed by atoms with Crippen LogP contribution in [0.1, 0.15) is 29.0 Å². The highest BCUT2D eigenvalue weighted by molar-refractivity contribution is 5.73. The van der Waals surface area contributed by atoms with Crippen LogP contribution < -0.4 is 0 Å². The summed E-state index contributed by atoms with van der Waals surface area (Å²) in [4.78, 5) is 11.2. The minimum absolute atomic E-state index is 0.0998. The van der Waals surface area contributed by atoms with Crippen LogP contribution in [0.2, 0.25) is 0 Å². The number of fused-ring (bicyclic) bond motifs is 1. The molecule has 0 saturated carbocycles. The summed E-state index contributed by atoms with van der Waals surface area (Å²) >= 11 is 0. The Bertz CT molecular complexity index is 831. The third kappa shape index (κ3) is 6.16. The van der Waals surface area contributed by atoms with Gasteiger partial charge in [-0.1, -0.05) is 11.3 Å². The van der Waals surface area contributed by atoms with Crippen molar-refractivity contribution < 1.29 is 32.2 Å². The van der Waals surface area contributed by atoms with E-state index in [0.29, 0.717) is 13.2 Å². The van der Waals surface area contributed by atoms with Gasteiger partial charge in [-0.3, -0.25) is 9.58 Å². The first-order valence-corrected chi connectivity index (χ1v) is 8.80. The number of rotatable bonds is 6. The van der Waals surface area contributed by atoms with Crippen LogP contribution in [0.3, 0.4) is 0 Å². The van der Waals surface area contributed by atoms with Gasteiger partial charge in [0.1, 0.15) is 17.2 Å². The first-order chi connectivity index (χ1) is 13.6. The molecule has 11 heteroatoms. The number of carboxylic acid groups (broad SMARTS) is 1. The van der Waals surface area contributed by atoms with Gasteiger partial charge in [-0.2, -0.15) is 13.2 Å². The van der Waals surface area contributed by atoms with Crippen LogP contribution in [0.15, 0.2) is 29.2 Å². The minimum atomic E-state index is -5.08. The number of aryl methyl sites for hydroxylation is 2. The molecule has 1 atom stereocenters. The van der Waals surface area contributed by atoms with Gasteiger partial charge in [-0.05, 0) is 19.1 Å². The molecular formula is C18H23F3N4O4. The van der Waals surface area contributed by atoms with Crippen molar-refractivity contribution in [2.24, 2.45) is 7.05 Å². The second-order valence-electron chi connectivity index (χ2n) is 6.42. The Labute approximate surface area is 165 Å². The van der Waals surface area contributed by atoms with Crippen molar-refractivity contribution in [2.75, 3.05) is 19.8 Å². The molecule has 2 aromatic heterocycles. The fourth-order valence-corrected chi connectivity index (χ4v) is 2.93. The van der Waals surface area contributed by atoms with Crippen molar-refractivity contribution in [3.63, 3.8) is 0 Å². The molecule has 1 aliphatic heterocycles. The molecule has 2 aromatic rings. The number of hydrogen-bond acceptors (Lipinski definition) is 6. The molecular weight excluding hydrogens is 393 g/mol. The topological polar surface area (TPSA) is 93.6 Å². The van der Waals surface area contributed by atoms with Crippen LogP contribution in [-0.4, -0.2) is 56.9 Å². The molecule has 29 heavy (non-hydrogen) atoms. The van der Waals surface area contributed by atoms with Crippen molar-refractivity contribution >= 4 is 5.97 Å². The van der Waals surface area contributed by atoms with Gasteiger partial charge in [-0.15, -0.1) is 11.7 Å². The summed E-state index contributed by atoms with van der Waals surface area (Å²) in [6.07, 6.45) is -2.38. The highest BCUT2D eigenvalue weighted by Crippen LogP contribution is 2.29. The van der Waals surface area contributed by atoms with Gasteiger partial charge in [-0.25, -0.2) is 4.79 Å². The number of carboxylic acids is 1. The lowest BCUT2D eigenvalue weighted by atomic mass is 10.0. The molecule has 0 amide bonds. The van der Waals surface area contributed by atoms with Gasteiger partial charge in [0.05, 0.1) is 31.5 Å². The fraction of sp³-hybridized carbons (Fsp3) is 0.500. The second-order valence-corrected chi connectivity index (χ2v) is 6.42. The van der Waals surface area contributed by atoms with Gasteiger partial charge < -0.3 is 14.3 Å². The average Bonchev–Trinajstić information content (AvgIpc) is 3.22. The van der Waals surface area contributed by atoms with Crippen molar-refractivity contribution in [3.05, 3.63) is 47.7 Å². The van der Waals surface area contributed by atoms with Gasteiger partial charge >= 0.3 is 12.1 Å². The van der Waals surface area contributed by atoms with Crippen molar-refractivity contribution in [1.82, 2.24) is 19.9 Å². The van der Waals surface area contributed by atoms with Crippen LogP contribution in [0.4, 0.5) is 13.2 Å². The fourth-order valence-electron chi connectivity index (χ4n) is 2.93. The summed E-state index contributed by atoms with van der Waals surface area (Å²) in [6, 6.07) is 4.13. The van der Waals surface area contributed by atoms with E-state index in [1.54, 1.807) is 6.08 Å². The molecule has 8 nitrogen and oxygen atoms in total. The Kier molecular flexibility index (Phi) is 7.57. The molecule has 0 bridgehead atoms. The lowest BCUT2D eigenvalue weighted by Gasteiger charge is -2.33. The average molecular weight is 416 g/mol. The highest BCUT2D eigenvalue weighted by Gasteiger charge is 2.38. The monoisotopic (exact) mass is 416 g/mol. The molecule has 0 saturated heterocycles. The van der Waals surface area contributed by atoms with Gasteiger partial charge in [0.2, 0.25) is 0 Å². The first-order valence-electron chi connectivity index (χ1n) is 8.80. The summed E-state index contributed by atoms with van der Waals surface area (Å²) in [7, 11) is 1.94. The lowest BCUT2D eigenvalue weighted by molar-refractivity contribution is -0.192. The molecule has 1 unspecified atom stereocenters. The highest BCUT2D eigenvalue weighted by atomic mass is 19.4. The molecule has 0 spiro atoms. The van der Waals surface area contributed by atoms with Gasteiger partial charge in [0, 0.05) is 20.0 Å². The SMILES string of the molecule is C=CCOCC1c2nnn(C)c2CCN1Cc1ccc(C)o1.O=C(O)C(F)(F)F. The van der Waals surface area contributed by atoms with Crippen LogP contribution in [0.25, 0.3) is 0 Å². The number of hydrogen-bond donors (Lipinski definition) is 1. The Morgan fingerprint density at radius 3 is 2.72 bits per heavy atom. The second kappa shape index (κ2) is 9.70. The Morgan fingerprint density at radius 2 is 2.17 bits per heavy atom. The maximum Gasteiger partial charge on any atom is 0.490 e. The van der Waals surface area contributed by atoms with Crippen LogP contribution in [0.5, 0.6) is 0 Å². The van der Waals surface area contributed by atoms with E-state index in [-0.39, 0.29) is 6.04 Å². The molecule has 3 heterocycles. The summed E-state index contributed by atoms with van der Waals surface area (Å²) in [6.45, 7) is 8.48. The van der Waals surface area contributed by atoms with Crippen molar-refractivity contribution in [1.29, 1.82) is 0 Å². The lowest BCUT2D eigenvalue weighted by Crippen LogP contribution is -2.38. The van der Waals surface area contributed by atoms with Crippen molar-refractivity contribution in [3.8, 4) is 0 Å². The Morgan fingerprint density at radius 1 is 1.48 bits per heavy atom. The molecule has 1 aliphatic rings. The normalized spacial score (nSPS) is 16.7. The van der Waals surface area contributed by atoms with E-state index in [1.807, 2.05) is 30.8 Å². The number of carbonyl (C=O) groups is 1. The molecule has 160 valence electrons. The first kappa shape index (κ1) is 22.6. The molecule has 0 radical (unpaired) electrons. The standard InChI is InChI=1S/C16H22N4O2.C2HF3O2/c1-4-9-21-11-15-16-14(19(3)18-17-16)7-8-20(15)10-13-6-5-12(2)22-13;3-2(4,5)1(6)7/h4-6,15H,1,7-11H2,2-3H3;(H,6,7). The summed E-state index contributed by atoms with van der Waals surface area (Å²) in [5, 5.41) is 15.6. The third-order valence-electron chi connectivity index (χ3n) is 4.27. The number of nitrogens with zero attached hydrogens (tertiary/aromatic N) is 4. The van der Waals surface area contributed by atoms with E-state index in [4.69, 9.17) is 19.1 Å². The number of furan rings is 1. The predicted molar refractivity (Wildman–Crippen MR) is 96.0 cm³/mol. The molecule has 0 aromatic carbocycles. The zero-order valence-electron chi connectivity index (χ0n) is 16.1. The van der Waals surface area contributed by atoms with E-state index in [9.17, 15) is 13.2 Å². The van der Waals surface area contributed by atoms with Crippen LogP contribution in [0, 0.1) is 6.92 Å². The van der Waals surface area contributed by atoms with Crippen LogP contribution >= 0.6 is 0 Å². The van der Waals surface area contributed by atoms with E-state index in [0.717, 1.165) is 36.7 Å². The quantitative estimate of drug-likeness (QED) is 0.572. The van der Waals surface area contributed by atoms with E-state index >= 15 is 0 Å². The number of ether oxygens (including phenoxy) is 1. The Balaban J connectivity index is 0.000000370.